The van der Waals surface area contributed by atoms with Gasteiger partial charge in [0.05, 0.1) is 0 Å². The van der Waals surface area contributed by atoms with Gasteiger partial charge in [-0.2, -0.15) is 0 Å². The lowest BCUT2D eigenvalue weighted by Gasteiger charge is -2.28. The van der Waals surface area contributed by atoms with Crippen molar-refractivity contribution >= 4 is 11.9 Å². The predicted molar refractivity (Wildman–Crippen MR) is 71.0 cm³/mol. The normalized spacial score (nSPS) is 30.3. The minimum Gasteiger partial charge on any atom is -0.477 e. The molecule has 4 unspecified atom stereocenters. The fraction of sp³-hybridized carbons (Fsp3) is 0.643. The smallest absolute Gasteiger partial charge is 0.354 e. The number of carboxylic acids is 1. The first kappa shape index (κ1) is 12.4. The van der Waals surface area contributed by atoms with Crippen molar-refractivity contribution in [3.63, 3.8) is 0 Å². The van der Waals surface area contributed by atoms with Crippen LogP contribution in [0.25, 0.3) is 0 Å². The Labute approximate surface area is 112 Å². The first-order valence-electron chi connectivity index (χ1n) is 6.96. The molecule has 2 aliphatic rings. The Morgan fingerprint density at radius 3 is 2.95 bits per heavy atom. The Kier molecular flexibility index (Phi) is 3.12. The van der Waals surface area contributed by atoms with Gasteiger partial charge in [0.25, 0.3) is 0 Å². The molecule has 0 radical (unpaired) electrons. The molecule has 5 nitrogen and oxygen atoms in total. The lowest BCUT2D eigenvalue weighted by atomic mass is 9.84. The highest BCUT2D eigenvalue weighted by molar-refractivity contribution is 5.85. The van der Waals surface area contributed by atoms with E-state index >= 15 is 0 Å². The second kappa shape index (κ2) is 4.79. The summed E-state index contributed by atoms with van der Waals surface area (Å²) >= 11 is 0. The van der Waals surface area contributed by atoms with Crippen LogP contribution in [0, 0.1) is 17.8 Å². The van der Waals surface area contributed by atoms with E-state index < -0.39 is 5.97 Å². The van der Waals surface area contributed by atoms with Crippen LogP contribution in [-0.4, -0.2) is 27.1 Å². The first-order chi connectivity index (χ1) is 9.13. The van der Waals surface area contributed by atoms with Gasteiger partial charge >= 0.3 is 5.97 Å². The molecule has 0 aliphatic heterocycles. The van der Waals surface area contributed by atoms with Crippen LogP contribution < -0.4 is 5.32 Å². The Hall–Kier alpha value is -1.65. The number of fused-ring (bicyclic) bond motifs is 2. The standard InChI is InChI=1S/C14H19N3O2/c1-8(11-7-9-2-3-10(11)6-9)16-14-15-5-4-12(17-14)13(18)19/h4-5,8-11H,2-3,6-7H2,1H3,(H,18,19)(H,15,16,17). The molecule has 0 spiro atoms. The van der Waals surface area contributed by atoms with Crippen LogP contribution in [0.15, 0.2) is 12.3 Å². The van der Waals surface area contributed by atoms with E-state index in [0.29, 0.717) is 17.9 Å². The summed E-state index contributed by atoms with van der Waals surface area (Å²) in [6.45, 7) is 2.15. The maximum atomic E-state index is 10.9. The van der Waals surface area contributed by atoms with Gasteiger partial charge in [0.1, 0.15) is 0 Å². The number of rotatable bonds is 4. The van der Waals surface area contributed by atoms with Gasteiger partial charge in [-0.1, -0.05) is 6.42 Å². The fourth-order valence-electron chi connectivity index (χ4n) is 3.76. The van der Waals surface area contributed by atoms with Crippen molar-refractivity contribution < 1.29 is 9.90 Å². The molecular formula is C14H19N3O2. The number of nitrogens with zero attached hydrogens (tertiary/aromatic N) is 2. The SMILES string of the molecule is CC(Nc1nccc(C(=O)O)n1)C1CC2CCC1C2. The van der Waals surface area contributed by atoms with Crippen molar-refractivity contribution in [3.05, 3.63) is 18.0 Å². The third-order valence-electron chi connectivity index (χ3n) is 4.67. The zero-order valence-corrected chi connectivity index (χ0v) is 11.0. The van der Waals surface area contributed by atoms with Gasteiger partial charge < -0.3 is 10.4 Å². The van der Waals surface area contributed by atoms with Crippen LogP contribution in [0.4, 0.5) is 5.95 Å². The maximum absolute atomic E-state index is 10.9. The second-order valence-corrected chi connectivity index (χ2v) is 5.84. The lowest BCUT2D eigenvalue weighted by molar-refractivity contribution is 0.0690. The van der Waals surface area contributed by atoms with Gasteiger partial charge in [-0.15, -0.1) is 0 Å². The van der Waals surface area contributed by atoms with E-state index in [1.54, 1.807) is 0 Å². The number of aromatic nitrogens is 2. The van der Waals surface area contributed by atoms with Crippen LogP contribution in [0.5, 0.6) is 0 Å². The summed E-state index contributed by atoms with van der Waals surface area (Å²) in [5.41, 5.74) is 0.0395. The summed E-state index contributed by atoms with van der Waals surface area (Å²) in [7, 11) is 0. The zero-order valence-electron chi connectivity index (χ0n) is 11.0. The number of anilines is 1. The summed E-state index contributed by atoms with van der Waals surface area (Å²) in [5.74, 6) is 1.82. The van der Waals surface area contributed by atoms with Crippen LogP contribution in [0.3, 0.4) is 0 Å². The minimum atomic E-state index is -1.02. The van der Waals surface area contributed by atoms with Gasteiger partial charge in [-0.3, -0.25) is 0 Å². The third-order valence-corrected chi connectivity index (χ3v) is 4.67. The van der Waals surface area contributed by atoms with E-state index in [9.17, 15) is 4.79 Å². The maximum Gasteiger partial charge on any atom is 0.354 e. The predicted octanol–water partition coefficient (Wildman–Crippen LogP) is 2.41. The molecule has 1 heterocycles. The van der Waals surface area contributed by atoms with Gasteiger partial charge in [0.15, 0.2) is 5.69 Å². The van der Waals surface area contributed by atoms with Gasteiger partial charge in [-0.05, 0) is 50.0 Å². The van der Waals surface area contributed by atoms with E-state index in [4.69, 9.17) is 5.11 Å². The highest BCUT2D eigenvalue weighted by Crippen LogP contribution is 2.49. The molecule has 5 heteroatoms. The van der Waals surface area contributed by atoms with Crippen LogP contribution in [0.1, 0.15) is 43.1 Å². The van der Waals surface area contributed by atoms with E-state index in [2.05, 4.69) is 22.2 Å². The summed E-state index contributed by atoms with van der Waals surface area (Å²) in [6.07, 6.45) is 6.88. The van der Waals surface area contributed by atoms with Crippen molar-refractivity contribution in [2.24, 2.45) is 17.8 Å². The Balaban J connectivity index is 1.67. The molecule has 0 aromatic carbocycles. The molecule has 19 heavy (non-hydrogen) atoms. The number of aromatic carboxylic acids is 1. The van der Waals surface area contributed by atoms with E-state index in [0.717, 1.165) is 11.8 Å². The van der Waals surface area contributed by atoms with Crippen molar-refractivity contribution in [1.82, 2.24) is 9.97 Å². The third kappa shape index (κ3) is 2.41. The average molecular weight is 261 g/mol. The molecule has 2 fully saturated rings. The lowest BCUT2D eigenvalue weighted by Crippen LogP contribution is -2.30. The van der Waals surface area contributed by atoms with Crippen molar-refractivity contribution in [2.75, 3.05) is 5.32 Å². The number of hydrogen-bond donors (Lipinski definition) is 2. The Morgan fingerprint density at radius 1 is 1.47 bits per heavy atom. The molecule has 2 bridgehead atoms. The highest BCUT2D eigenvalue weighted by atomic mass is 16.4. The second-order valence-electron chi connectivity index (χ2n) is 5.84. The van der Waals surface area contributed by atoms with Crippen LogP contribution >= 0.6 is 0 Å². The van der Waals surface area contributed by atoms with E-state index in [1.807, 2.05) is 0 Å². The molecule has 1 aromatic rings. The van der Waals surface area contributed by atoms with E-state index in [-0.39, 0.29) is 5.69 Å². The number of carboxylic acid groups (broad SMARTS) is 1. The molecular weight excluding hydrogens is 242 g/mol. The Morgan fingerprint density at radius 2 is 2.32 bits per heavy atom. The summed E-state index contributed by atoms with van der Waals surface area (Å²) in [6, 6.07) is 1.72. The molecule has 4 atom stereocenters. The molecule has 3 rings (SSSR count). The van der Waals surface area contributed by atoms with Crippen molar-refractivity contribution in [1.29, 1.82) is 0 Å². The zero-order chi connectivity index (χ0) is 13.4. The average Bonchev–Trinajstić information content (AvgIpc) is 3.01. The quantitative estimate of drug-likeness (QED) is 0.870. The van der Waals surface area contributed by atoms with Crippen LogP contribution in [-0.2, 0) is 0 Å². The molecule has 2 N–H and O–H groups in total. The van der Waals surface area contributed by atoms with Gasteiger partial charge in [0.2, 0.25) is 5.95 Å². The molecule has 2 aliphatic carbocycles. The summed E-state index contributed by atoms with van der Waals surface area (Å²) in [4.78, 5) is 19.0. The number of carbonyl (C=O) groups is 1. The molecule has 0 saturated heterocycles. The fourth-order valence-corrected chi connectivity index (χ4v) is 3.76. The largest absolute Gasteiger partial charge is 0.477 e. The van der Waals surface area contributed by atoms with Crippen LogP contribution in [0.2, 0.25) is 0 Å². The molecule has 1 aromatic heterocycles. The van der Waals surface area contributed by atoms with E-state index in [1.165, 1.54) is 37.9 Å². The van der Waals surface area contributed by atoms with Crippen molar-refractivity contribution in [3.8, 4) is 0 Å². The van der Waals surface area contributed by atoms with Gasteiger partial charge in [0, 0.05) is 12.2 Å². The number of hydrogen-bond acceptors (Lipinski definition) is 4. The number of nitrogens with one attached hydrogen (secondary N) is 1. The molecule has 2 saturated carbocycles. The first-order valence-corrected chi connectivity index (χ1v) is 6.96. The van der Waals surface area contributed by atoms with Gasteiger partial charge in [-0.25, -0.2) is 14.8 Å². The summed E-state index contributed by atoms with van der Waals surface area (Å²) in [5, 5.41) is 12.2. The molecule has 0 amide bonds. The summed E-state index contributed by atoms with van der Waals surface area (Å²) < 4.78 is 0. The Bertz CT molecular complexity index is 491. The van der Waals surface area contributed by atoms with Crippen molar-refractivity contribution in [2.45, 2.75) is 38.6 Å². The molecule has 102 valence electrons. The topological polar surface area (TPSA) is 75.1 Å². The highest BCUT2D eigenvalue weighted by Gasteiger charge is 2.41. The minimum absolute atomic E-state index is 0.0395. The monoisotopic (exact) mass is 261 g/mol.